The number of piperidine rings is 1. The molecule has 4 aromatic rings. The monoisotopic (exact) mass is 647 g/mol. The summed E-state index contributed by atoms with van der Waals surface area (Å²) in [5, 5.41) is 8.21. The van der Waals surface area contributed by atoms with E-state index in [2.05, 4.69) is 10.2 Å². The molecule has 246 valence electrons. The van der Waals surface area contributed by atoms with Gasteiger partial charge in [-0.3, -0.25) is 4.79 Å². The van der Waals surface area contributed by atoms with Crippen LogP contribution < -0.4 is 4.90 Å². The molecule has 2 aliphatic heterocycles. The number of rotatable bonds is 6. The first-order chi connectivity index (χ1) is 22.3. The van der Waals surface area contributed by atoms with Gasteiger partial charge in [0.2, 0.25) is 0 Å². The lowest BCUT2D eigenvalue weighted by atomic mass is 9.98. The van der Waals surface area contributed by atoms with Gasteiger partial charge >= 0.3 is 12.3 Å². The highest BCUT2D eigenvalue weighted by molar-refractivity contribution is 6.10. The molecule has 0 saturated carbocycles. The summed E-state index contributed by atoms with van der Waals surface area (Å²) >= 11 is 0. The molecule has 0 N–H and O–H groups in total. The molecule has 3 aromatic carbocycles. The molecule has 47 heavy (non-hydrogen) atoms. The molecule has 0 bridgehead atoms. The van der Waals surface area contributed by atoms with E-state index in [0.29, 0.717) is 37.4 Å². The summed E-state index contributed by atoms with van der Waals surface area (Å²) in [6.45, 7) is 5.96. The number of likely N-dealkylation sites (tertiary alicyclic amines) is 1. The summed E-state index contributed by atoms with van der Waals surface area (Å²) in [5.41, 5.74) is 1.74. The molecular weight excluding hydrogens is 611 g/mol. The predicted molar refractivity (Wildman–Crippen MR) is 169 cm³/mol. The number of anilines is 1. The smallest absolute Gasteiger partial charge is 0.416 e. The van der Waals surface area contributed by atoms with Crippen LogP contribution in [0.1, 0.15) is 60.7 Å². The van der Waals surface area contributed by atoms with Crippen LogP contribution in [-0.4, -0.2) is 56.5 Å². The van der Waals surface area contributed by atoms with Crippen LogP contribution in [-0.2, 0) is 35.8 Å². The van der Waals surface area contributed by atoms with Crippen molar-refractivity contribution < 1.29 is 32.2 Å². The largest absolute Gasteiger partial charge is 0.444 e. The van der Waals surface area contributed by atoms with Crippen molar-refractivity contribution in [2.75, 3.05) is 18.0 Å². The molecule has 1 aromatic heterocycles. The third-order valence-electron chi connectivity index (χ3n) is 8.33. The van der Waals surface area contributed by atoms with Crippen molar-refractivity contribution in [3.63, 3.8) is 0 Å². The zero-order chi connectivity index (χ0) is 33.5. The number of carbonyl (C=O) groups excluding carboxylic acids is 2. The maximum atomic E-state index is 14.4. The van der Waals surface area contributed by atoms with E-state index >= 15 is 0 Å². The van der Waals surface area contributed by atoms with E-state index in [1.54, 1.807) is 54.8 Å². The van der Waals surface area contributed by atoms with Crippen molar-refractivity contribution in [1.29, 1.82) is 0 Å². The number of carbonyl (C=O) groups is 2. The summed E-state index contributed by atoms with van der Waals surface area (Å²) in [4.78, 5) is 29.1. The van der Waals surface area contributed by atoms with Gasteiger partial charge < -0.3 is 23.8 Å². The van der Waals surface area contributed by atoms with E-state index in [1.807, 2.05) is 37.4 Å². The number of benzene rings is 3. The molecule has 3 heterocycles. The van der Waals surface area contributed by atoms with Gasteiger partial charge in [-0.1, -0.05) is 36.4 Å². The molecule has 0 unspecified atom stereocenters. The zero-order valence-electron chi connectivity index (χ0n) is 26.7. The van der Waals surface area contributed by atoms with Gasteiger partial charge in [-0.05, 0) is 80.1 Å². The fourth-order valence-electron chi connectivity index (χ4n) is 6.06. The second-order valence-electron chi connectivity index (χ2n) is 12.9. The third kappa shape index (κ3) is 6.87. The van der Waals surface area contributed by atoms with E-state index < -0.39 is 29.3 Å². The lowest BCUT2D eigenvalue weighted by molar-refractivity contribution is -0.138. The first kappa shape index (κ1) is 32.2. The first-order valence-corrected chi connectivity index (χ1v) is 15.5. The lowest BCUT2D eigenvalue weighted by Crippen LogP contribution is -2.43. The van der Waals surface area contributed by atoms with Crippen molar-refractivity contribution in [3.8, 4) is 22.5 Å². The second-order valence-corrected chi connectivity index (χ2v) is 12.9. The maximum Gasteiger partial charge on any atom is 0.416 e. The molecule has 6 rings (SSSR count). The number of hydrogen-bond acceptors (Lipinski definition) is 6. The number of ether oxygens (including phenoxy) is 2. The van der Waals surface area contributed by atoms with Gasteiger partial charge in [-0.2, -0.15) is 13.2 Å². The molecule has 9 nitrogen and oxygen atoms in total. The Morgan fingerprint density at radius 2 is 1.68 bits per heavy atom. The van der Waals surface area contributed by atoms with Crippen molar-refractivity contribution in [2.24, 2.45) is 7.05 Å². The standard InChI is InChI=1S/C35H36F3N5O4/c1-34(2,3)47-33(45)42-14-12-25(13-15-42)46-20-22-16-28-29(30(17-22)35(36,37)38)19-43(32(28)44)24-9-7-8-23(18-24)26-10-5-6-11-27(26)31-40-39-21-41(31)4/h5-11,16-18,21,25H,12-15,19-20H2,1-4H3. The summed E-state index contributed by atoms with van der Waals surface area (Å²) in [7, 11) is 1.84. The zero-order valence-corrected chi connectivity index (χ0v) is 26.7. The molecule has 1 saturated heterocycles. The highest BCUT2D eigenvalue weighted by Crippen LogP contribution is 2.41. The van der Waals surface area contributed by atoms with E-state index in [4.69, 9.17) is 9.47 Å². The fraction of sp³-hybridized carbons (Fsp3) is 0.371. The van der Waals surface area contributed by atoms with Crippen molar-refractivity contribution in [2.45, 2.75) is 64.6 Å². The number of nitrogens with zero attached hydrogens (tertiary/aromatic N) is 5. The van der Waals surface area contributed by atoms with Gasteiger partial charge in [0.05, 0.1) is 24.8 Å². The topological polar surface area (TPSA) is 89.8 Å². The van der Waals surface area contributed by atoms with Crippen molar-refractivity contribution in [3.05, 3.63) is 89.2 Å². The Kier molecular flexibility index (Phi) is 8.56. The number of halogens is 3. The highest BCUT2D eigenvalue weighted by atomic mass is 19.4. The minimum Gasteiger partial charge on any atom is -0.444 e. The van der Waals surface area contributed by atoms with Crippen LogP contribution in [0.4, 0.5) is 23.7 Å². The molecule has 2 aliphatic rings. The molecule has 2 amide bonds. The van der Waals surface area contributed by atoms with Crippen LogP contribution in [0.2, 0.25) is 0 Å². The van der Waals surface area contributed by atoms with Crippen LogP contribution in [0.5, 0.6) is 0 Å². The van der Waals surface area contributed by atoms with E-state index in [1.165, 1.54) is 11.0 Å². The Balaban J connectivity index is 1.21. The molecule has 12 heteroatoms. The Labute approximate surface area is 270 Å². The predicted octanol–water partition coefficient (Wildman–Crippen LogP) is 7.24. The number of alkyl halides is 3. The van der Waals surface area contributed by atoms with E-state index in [-0.39, 0.29) is 35.9 Å². The minimum absolute atomic E-state index is 0.0167. The minimum atomic E-state index is -4.66. The quantitative estimate of drug-likeness (QED) is 0.219. The molecule has 0 radical (unpaired) electrons. The molecule has 0 spiro atoms. The average Bonchev–Trinajstić information content (AvgIpc) is 3.61. The van der Waals surface area contributed by atoms with Gasteiger partial charge in [0, 0.05) is 37.0 Å². The van der Waals surface area contributed by atoms with E-state index in [9.17, 15) is 22.8 Å². The van der Waals surface area contributed by atoms with Gasteiger partial charge in [0.1, 0.15) is 11.9 Å². The highest BCUT2D eigenvalue weighted by Gasteiger charge is 2.40. The van der Waals surface area contributed by atoms with Gasteiger partial charge in [0.15, 0.2) is 5.82 Å². The van der Waals surface area contributed by atoms with Gasteiger partial charge in [0.25, 0.3) is 5.91 Å². The molecule has 1 fully saturated rings. The number of aromatic nitrogens is 3. The Morgan fingerprint density at radius 3 is 2.34 bits per heavy atom. The normalized spacial score (nSPS) is 15.7. The first-order valence-electron chi connectivity index (χ1n) is 15.5. The molecule has 0 atom stereocenters. The maximum absolute atomic E-state index is 14.4. The van der Waals surface area contributed by atoms with Crippen LogP contribution in [0, 0.1) is 0 Å². The van der Waals surface area contributed by atoms with Gasteiger partial charge in [-0.25, -0.2) is 4.79 Å². The Bertz CT molecular complexity index is 1810. The SMILES string of the molecule is Cn1cnnc1-c1ccccc1-c1cccc(N2Cc3c(cc(COC4CCN(C(=O)OC(C)(C)C)CC4)cc3C(F)(F)F)C2=O)c1. The van der Waals surface area contributed by atoms with Crippen LogP contribution in [0.25, 0.3) is 22.5 Å². The number of amides is 2. The number of aryl methyl sites for hydroxylation is 1. The van der Waals surface area contributed by atoms with Crippen LogP contribution in [0.3, 0.4) is 0 Å². The summed E-state index contributed by atoms with van der Waals surface area (Å²) in [6.07, 6.45) is -2.64. The third-order valence-corrected chi connectivity index (χ3v) is 8.33. The van der Waals surface area contributed by atoms with Crippen molar-refractivity contribution in [1.82, 2.24) is 19.7 Å². The van der Waals surface area contributed by atoms with Crippen LogP contribution >= 0.6 is 0 Å². The summed E-state index contributed by atoms with van der Waals surface area (Å²) in [6, 6.07) is 17.4. The second kappa shape index (κ2) is 12.5. The lowest BCUT2D eigenvalue weighted by Gasteiger charge is -2.33. The average molecular weight is 648 g/mol. The summed E-state index contributed by atoms with van der Waals surface area (Å²) in [5.74, 6) is 0.158. The van der Waals surface area contributed by atoms with Crippen molar-refractivity contribution >= 4 is 17.7 Å². The summed E-state index contributed by atoms with van der Waals surface area (Å²) < 4.78 is 56.4. The fourth-order valence-corrected chi connectivity index (χ4v) is 6.06. The molecular formula is C35H36F3N5O4. The molecule has 0 aliphatic carbocycles. The van der Waals surface area contributed by atoms with Gasteiger partial charge in [-0.15, -0.1) is 10.2 Å². The van der Waals surface area contributed by atoms with E-state index in [0.717, 1.165) is 22.8 Å². The Morgan fingerprint density at radius 1 is 0.957 bits per heavy atom. The number of fused-ring (bicyclic) bond motifs is 1. The number of hydrogen-bond donors (Lipinski definition) is 0. The Hall–Kier alpha value is -4.71. The van der Waals surface area contributed by atoms with Crippen LogP contribution in [0.15, 0.2) is 67.0 Å².